The average Bonchev–Trinajstić information content (AvgIpc) is 2.75. The van der Waals surface area contributed by atoms with E-state index in [1.165, 1.54) is 17.5 Å². The van der Waals surface area contributed by atoms with Crippen molar-refractivity contribution in [1.82, 2.24) is 0 Å². The van der Waals surface area contributed by atoms with Crippen molar-refractivity contribution in [3.63, 3.8) is 0 Å². The standard InChI is InChI=1S/C13H17NO2/c1-15-10-4-5-11-13-9(7-16-11)3-2-8(6-14)12(10)13/h4-5,8-9H,2-3,6-7,14H2,1H3/t8-,9-/m0/s1. The monoisotopic (exact) mass is 219 g/mol. The minimum absolute atomic E-state index is 0.433. The molecular formula is C13H17NO2. The van der Waals surface area contributed by atoms with Crippen LogP contribution in [0.25, 0.3) is 0 Å². The van der Waals surface area contributed by atoms with Crippen LogP contribution in [0.4, 0.5) is 0 Å². The van der Waals surface area contributed by atoms with E-state index in [-0.39, 0.29) is 0 Å². The summed E-state index contributed by atoms with van der Waals surface area (Å²) in [4.78, 5) is 0. The van der Waals surface area contributed by atoms with Gasteiger partial charge in [0, 0.05) is 23.0 Å². The number of hydrogen-bond donors (Lipinski definition) is 1. The summed E-state index contributed by atoms with van der Waals surface area (Å²) in [7, 11) is 1.73. The third kappa shape index (κ3) is 1.24. The largest absolute Gasteiger partial charge is 0.496 e. The highest BCUT2D eigenvalue weighted by Crippen LogP contribution is 2.50. The van der Waals surface area contributed by atoms with Gasteiger partial charge >= 0.3 is 0 Å². The van der Waals surface area contributed by atoms with Crippen LogP contribution in [0.1, 0.15) is 35.8 Å². The molecule has 0 saturated carbocycles. The van der Waals surface area contributed by atoms with Crippen molar-refractivity contribution in [3.05, 3.63) is 23.3 Å². The van der Waals surface area contributed by atoms with Crippen molar-refractivity contribution < 1.29 is 9.47 Å². The first-order valence-electron chi connectivity index (χ1n) is 5.88. The van der Waals surface area contributed by atoms with Crippen molar-refractivity contribution in [1.29, 1.82) is 0 Å². The van der Waals surface area contributed by atoms with E-state index < -0.39 is 0 Å². The molecule has 1 aliphatic heterocycles. The fourth-order valence-electron chi connectivity index (χ4n) is 3.03. The third-order valence-electron chi connectivity index (χ3n) is 3.83. The Balaban J connectivity index is 2.19. The van der Waals surface area contributed by atoms with Crippen LogP contribution in [0.2, 0.25) is 0 Å². The molecular weight excluding hydrogens is 202 g/mol. The van der Waals surface area contributed by atoms with Crippen LogP contribution in [0, 0.1) is 0 Å². The maximum atomic E-state index is 5.86. The molecule has 0 radical (unpaired) electrons. The summed E-state index contributed by atoms with van der Waals surface area (Å²) in [6, 6.07) is 4.03. The Kier molecular flexibility index (Phi) is 2.28. The van der Waals surface area contributed by atoms with Crippen molar-refractivity contribution in [2.45, 2.75) is 24.7 Å². The molecule has 0 aromatic heterocycles. The Labute approximate surface area is 95.5 Å². The maximum Gasteiger partial charge on any atom is 0.123 e. The molecule has 0 saturated heterocycles. The normalized spacial score (nSPS) is 26.1. The molecule has 0 amide bonds. The number of nitrogens with two attached hydrogens (primary N) is 1. The number of hydrogen-bond acceptors (Lipinski definition) is 3. The predicted molar refractivity (Wildman–Crippen MR) is 62.3 cm³/mol. The molecule has 86 valence electrons. The van der Waals surface area contributed by atoms with Gasteiger partial charge in [0.25, 0.3) is 0 Å². The van der Waals surface area contributed by atoms with E-state index in [2.05, 4.69) is 0 Å². The van der Waals surface area contributed by atoms with Gasteiger partial charge in [0.2, 0.25) is 0 Å². The van der Waals surface area contributed by atoms with Crippen molar-refractivity contribution in [2.24, 2.45) is 5.73 Å². The highest BCUT2D eigenvalue weighted by molar-refractivity contribution is 5.55. The first-order valence-corrected chi connectivity index (χ1v) is 5.88. The van der Waals surface area contributed by atoms with E-state index in [0.717, 1.165) is 24.5 Å². The number of ether oxygens (including phenoxy) is 2. The van der Waals surface area contributed by atoms with Gasteiger partial charge in [-0.2, -0.15) is 0 Å². The second kappa shape index (κ2) is 3.67. The molecule has 1 aliphatic carbocycles. The SMILES string of the molecule is COc1ccc2c3c1[C@H](CN)CC[C@H]3CO2. The summed E-state index contributed by atoms with van der Waals surface area (Å²) >= 11 is 0. The van der Waals surface area contributed by atoms with Crippen LogP contribution < -0.4 is 15.2 Å². The Morgan fingerprint density at radius 3 is 3.00 bits per heavy atom. The Morgan fingerprint density at radius 1 is 1.38 bits per heavy atom. The van der Waals surface area contributed by atoms with Crippen LogP contribution in [0.15, 0.2) is 12.1 Å². The lowest BCUT2D eigenvalue weighted by molar-refractivity contribution is 0.318. The number of methoxy groups -OCH3 is 1. The van der Waals surface area contributed by atoms with Crippen LogP contribution >= 0.6 is 0 Å². The van der Waals surface area contributed by atoms with Gasteiger partial charge in [-0.1, -0.05) is 0 Å². The molecule has 0 spiro atoms. The number of benzene rings is 1. The first kappa shape index (κ1) is 9.97. The molecule has 0 fully saturated rings. The summed E-state index contributed by atoms with van der Waals surface area (Å²) < 4.78 is 11.2. The zero-order valence-corrected chi connectivity index (χ0v) is 9.53. The van der Waals surface area contributed by atoms with E-state index in [4.69, 9.17) is 15.2 Å². The fourth-order valence-corrected chi connectivity index (χ4v) is 3.03. The van der Waals surface area contributed by atoms with Crippen LogP contribution in [-0.2, 0) is 0 Å². The summed E-state index contributed by atoms with van der Waals surface area (Å²) in [6.45, 7) is 1.52. The summed E-state index contributed by atoms with van der Waals surface area (Å²) in [5.74, 6) is 3.01. The molecule has 3 nitrogen and oxygen atoms in total. The molecule has 2 N–H and O–H groups in total. The van der Waals surface area contributed by atoms with Gasteiger partial charge in [0.05, 0.1) is 13.7 Å². The van der Waals surface area contributed by atoms with Crippen LogP contribution in [0.3, 0.4) is 0 Å². The lowest BCUT2D eigenvalue weighted by Crippen LogP contribution is -2.21. The van der Waals surface area contributed by atoms with Crippen LogP contribution in [-0.4, -0.2) is 20.3 Å². The average molecular weight is 219 g/mol. The highest BCUT2D eigenvalue weighted by atomic mass is 16.5. The van der Waals surface area contributed by atoms with E-state index in [1.807, 2.05) is 12.1 Å². The van der Waals surface area contributed by atoms with Gasteiger partial charge in [0.15, 0.2) is 0 Å². The molecule has 3 heteroatoms. The topological polar surface area (TPSA) is 44.5 Å². The molecule has 1 heterocycles. The summed E-state index contributed by atoms with van der Waals surface area (Å²) in [5.41, 5.74) is 8.53. The highest BCUT2D eigenvalue weighted by Gasteiger charge is 2.35. The van der Waals surface area contributed by atoms with E-state index in [0.29, 0.717) is 18.4 Å². The first-order chi connectivity index (χ1) is 7.85. The second-order valence-electron chi connectivity index (χ2n) is 4.61. The van der Waals surface area contributed by atoms with Gasteiger partial charge in [-0.05, 0) is 31.5 Å². The minimum Gasteiger partial charge on any atom is -0.496 e. The minimum atomic E-state index is 0.433. The molecule has 0 unspecified atom stereocenters. The molecule has 2 atom stereocenters. The van der Waals surface area contributed by atoms with Crippen molar-refractivity contribution in [3.8, 4) is 11.5 Å². The van der Waals surface area contributed by atoms with E-state index in [9.17, 15) is 0 Å². The molecule has 3 rings (SSSR count). The lowest BCUT2D eigenvalue weighted by atomic mass is 9.77. The van der Waals surface area contributed by atoms with Crippen molar-refractivity contribution in [2.75, 3.05) is 20.3 Å². The lowest BCUT2D eigenvalue weighted by Gasteiger charge is -2.28. The zero-order chi connectivity index (χ0) is 11.1. The number of rotatable bonds is 2. The molecule has 2 aliphatic rings. The Bertz CT molecular complexity index is 417. The molecule has 16 heavy (non-hydrogen) atoms. The van der Waals surface area contributed by atoms with Gasteiger partial charge in [-0.3, -0.25) is 0 Å². The smallest absolute Gasteiger partial charge is 0.123 e. The molecule has 1 aromatic rings. The van der Waals surface area contributed by atoms with Gasteiger partial charge in [-0.15, -0.1) is 0 Å². The fraction of sp³-hybridized carbons (Fsp3) is 0.538. The van der Waals surface area contributed by atoms with E-state index >= 15 is 0 Å². The molecule has 1 aromatic carbocycles. The van der Waals surface area contributed by atoms with Gasteiger partial charge < -0.3 is 15.2 Å². The summed E-state index contributed by atoms with van der Waals surface area (Å²) in [5, 5.41) is 0. The molecule has 0 bridgehead atoms. The third-order valence-corrected chi connectivity index (χ3v) is 3.83. The zero-order valence-electron chi connectivity index (χ0n) is 9.53. The van der Waals surface area contributed by atoms with Gasteiger partial charge in [0.1, 0.15) is 11.5 Å². The maximum absolute atomic E-state index is 5.86. The van der Waals surface area contributed by atoms with Crippen molar-refractivity contribution >= 4 is 0 Å². The van der Waals surface area contributed by atoms with E-state index in [1.54, 1.807) is 7.11 Å². The van der Waals surface area contributed by atoms with Crippen LogP contribution in [0.5, 0.6) is 11.5 Å². The second-order valence-corrected chi connectivity index (χ2v) is 4.61. The van der Waals surface area contributed by atoms with Gasteiger partial charge in [-0.25, -0.2) is 0 Å². The summed E-state index contributed by atoms with van der Waals surface area (Å²) in [6.07, 6.45) is 2.34. The Hall–Kier alpha value is -1.22. The Morgan fingerprint density at radius 2 is 2.25 bits per heavy atom. The quantitative estimate of drug-likeness (QED) is 0.827. The predicted octanol–water partition coefficient (Wildman–Crippen LogP) is 2.01.